The molecule has 0 unspecified atom stereocenters. The molecule has 3 N–H and O–H groups in total. The lowest BCUT2D eigenvalue weighted by Gasteiger charge is -2.06. The van der Waals surface area contributed by atoms with Crippen LogP contribution in [0.3, 0.4) is 0 Å². The van der Waals surface area contributed by atoms with Crippen LogP contribution in [0.15, 0.2) is 33.3 Å². The highest BCUT2D eigenvalue weighted by Crippen LogP contribution is 2.26. The van der Waals surface area contributed by atoms with Crippen LogP contribution >= 0.6 is 31.9 Å². The number of hydrogen-bond acceptors (Lipinski definition) is 3. The first-order valence-corrected chi connectivity index (χ1v) is 6.61. The van der Waals surface area contributed by atoms with Crippen molar-refractivity contribution in [2.75, 3.05) is 11.1 Å². The molecule has 0 aliphatic heterocycles. The maximum atomic E-state index is 12.0. The quantitative estimate of drug-likeness (QED) is 0.849. The van der Waals surface area contributed by atoms with Crippen molar-refractivity contribution in [3.63, 3.8) is 0 Å². The molecule has 1 aromatic heterocycles. The van der Waals surface area contributed by atoms with Gasteiger partial charge in [-0.05, 0) is 34.1 Å². The second-order valence-corrected chi connectivity index (χ2v) is 5.46. The summed E-state index contributed by atoms with van der Waals surface area (Å²) >= 11 is 6.71. The van der Waals surface area contributed by atoms with Crippen LogP contribution in [0.5, 0.6) is 0 Å². The van der Waals surface area contributed by atoms with Crippen molar-refractivity contribution in [1.29, 1.82) is 0 Å². The number of nitrogens with zero attached hydrogens (tertiary/aromatic N) is 2. The fourth-order valence-corrected chi connectivity index (χ4v) is 2.60. The van der Waals surface area contributed by atoms with Crippen molar-refractivity contribution in [2.24, 2.45) is 7.05 Å². The van der Waals surface area contributed by atoms with Gasteiger partial charge in [0, 0.05) is 22.2 Å². The number of aryl methyl sites for hydroxylation is 1. The third-order valence-electron chi connectivity index (χ3n) is 2.25. The second-order valence-electron chi connectivity index (χ2n) is 3.69. The van der Waals surface area contributed by atoms with Gasteiger partial charge in [0.05, 0.1) is 11.4 Å². The van der Waals surface area contributed by atoms with E-state index in [4.69, 9.17) is 5.73 Å². The molecule has 0 spiro atoms. The summed E-state index contributed by atoms with van der Waals surface area (Å²) in [5.41, 5.74) is 6.92. The van der Waals surface area contributed by atoms with E-state index in [1.54, 1.807) is 19.3 Å². The van der Waals surface area contributed by atoms with Gasteiger partial charge in [0.2, 0.25) is 0 Å². The molecular formula is C11H10Br2N4O. The van der Waals surface area contributed by atoms with Crippen molar-refractivity contribution in [3.05, 3.63) is 39.0 Å². The Labute approximate surface area is 121 Å². The molecule has 0 radical (unpaired) electrons. The minimum absolute atomic E-state index is 0.215. The fraction of sp³-hybridized carbons (Fsp3) is 0.0909. The first-order chi connectivity index (χ1) is 8.47. The largest absolute Gasteiger partial charge is 0.396 e. The Bertz CT molecular complexity index is 609. The first kappa shape index (κ1) is 13.1. The molecule has 1 aromatic carbocycles. The van der Waals surface area contributed by atoms with Crippen molar-refractivity contribution < 1.29 is 4.79 Å². The molecule has 94 valence electrons. The molecule has 2 rings (SSSR count). The lowest BCUT2D eigenvalue weighted by molar-refractivity contribution is 0.102. The maximum Gasteiger partial charge on any atom is 0.278 e. The smallest absolute Gasteiger partial charge is 0.278 e. The lowest BCUT2D eigenvalue weighted by Crippen LogP contribution is -2.14. The number of anilines is 2. The lowest BCUT2D eigenvalue weighted by atomic mass is 10.3. The van der Waals surface area contributed by atoms with Gasteiger partial charge in [-0.15, -0.1) is 0 Å². The summed E-state index contributed by atoms with van der Waals surface area (Å²) in [6, 6.07) is 5.46. The summed E-state index contributed by atoms with van der Waals surface area (Å²) in [7, 11) is 1.71. The monoisotopic (exact) mass is 372 g/mol. The van der Waals surface area contributed by atoms with Crippen LogP contribution in [0, 0.1) is 0 Å². The van der Waals surface area contributed by atoms with Crippen molar-refractivity contribution in [1.82, 2.24) is 9.78 Å². The normalized spacial score (nSPS) is 10.4. The van der Waals surface area contributed by atoms with Gasteiger partial charge in [-0.1, -0.05) is 15.9 Å². The Morgan fingerprint density at radius 3 is 2.72 bits per heavy atom. The highest BCUT2D eigenvalue weighted by Gasteiger charge is 2.15. The molecule has 1 amide bonds. The number of benzene rings is 1. The van der Waals surface area contributed by atoms with E-state index in [2.05, 4.69) is 42.3 Å². The minimum Gasteiger partial charge on any atom is -0.396 e. The predicted octanol–water partition coefficient (Wildman–Crippen LogP) is 2.78. The average molecular weight is 374 g/mol. The molecule has 0 atom stereocenters. The van der Waals surface area contributed by atoms with Gasteiger partial charge >= 0.3 is 0 Å². The topological polar surface area (TPSA) is 72.9 Å². The molecule has 5 nitrogen and oxygen atoms in total. The summed E-state index contributed by atoms with van der Waals surface area (Å²) in [4.78, 5) is 12.0. The van der Waals surface area contributed by atoms with Gasteiger partial charge in [-0.2, -0.15) is 5.10 Å². The number of rotatable bonds is 2. The Hall–Kier alpha value is -1.34. The molecule has 0 saturated heterocycles. The zero-order valence-corrected chi connectivity index (χ0v) is 12.6. The molecule has 0 saturated carbocycles. The number of nitrogen functional groups attached to an aromatic ring is 1. The number of nitrogens with two attached hydrogens (primary N) is 1. The van der Waals surface area contributed by atoms with Gasteiger partial charge in [0.15, 0.2) is 5.69 Å². The molecule has 0 aliphatic rings. The molecule has 0 bridgehead atoms. The molecular weight excluding hydrogens is 364 g/mol. The average Bonchev–Trinajstić information content (AvgIpc) is 2.62. The van der Waals surface area contributed by atoms with E-state index >= 15 is 0 Å². The van der Waals surface area contributed by atoms with E-state index in [0.717, 1.165) is 8.95 Å². The van der Waals surface area contributed by atoms with Crippen LogP contribution in [0.2, 0.25) is 0 Å². The molecule has 2 aromatic rings. The van der Waals surface area contributed by atoms with E-state index in [-0.39, 0.29) is 11.6 Å². The Balaban J connectivity index is 2.24. The number of amides is 1. The zero-order valence-electron chi connectivity index (χ0n) is 9.45. The van der Waals surface area contributed by atoms with Crippen LogP contribution in [0.1, 0.15) is 10.5 Å². The van der Waals surface area contributed by atoms with Crippen LogP contribution in [-0.2, 0) is 7.05 Å². The van der Waals surface area contributed by atoms with Gasteiger partial charge in [-0.3, -0.25) is 9.48 Å². The van der Waals surface area contributed by atoms with Gasteiger partial charge in [-0.25, -0.2) is 0 Å². The SMILES string of the molecule is Cn1cc(N)c(C(=O)Nc2ccc(Br)cc2Br)n1. The number of aromatic nitrogens is 2. The van der Waals surface area contributed by atoms with Crippen LogP contribution < -0.4 is 11.1 Å². The summed E-state index contributed by atoms with van der Waals surface area (Å²) < 4.78 is 3.20. The highest BCUT2D eigenvalue weighted by atomic mass is 79.9. The Kier molecular flexibility index (Phi) is 3.72. The Morgan fingerprint density at radius 2 is 2.17 bits per heavy atom. The predicted molar refractivity (Wildman–Crippen MR) is 77.4 cm³/mol. The van der Waals surface area contributed by atoms with Crippen molar-refractivity contribution >= 4 is 49.1 Å². The van der Waals surface area contributed by atoms with Crippen LogP contribution in [0.4, 0.5) is 11.4 Å². The number of carbonyl (C=O) groups is 1. The van der Waals surface area contributed by atoms with Gasteiger partial charge in [0.1, 0.15) is 0 Å². The third kappa shape index (κ3) is 2.73. The van der Waals surface area contributed by atoms with E-state index in [9.17, 15) is 4.79 Å². The van der Waals surface area contributed by atoms with Gasteiger partial charge < -0.3 is 11.1 Å². The molecule has 1 heterocycles. The van der Waals surface area contributed by atoms with E-state index in [1.165, 1.54) is 4.68 Å². The van der Waals surface area contributed by atoms with Crippen LogP contribution in [-0.4, -0.2) is 15.7 Å². The highest BCUT2D eigenvalue weighted by molar-refractivity contribution is 9.11. The summed E-state index contributed by atoms with van der Waals surface area (Å²) in [5, 5.41) is 6.75. The second kappa shape index (κ2) is 5.11. The van der Waals surface area contributed by atoms with E-state index in [0.29, 0.717) is 11.4 Å². The number of carbonyl (C=O) groups excluding carboxylic acids is 1. The zero-order chi connectivity index (χ0) is 13.3. The summed E-state index contributed by atoms with van der Waals surface area (Å²) in [5.74, 6) is -0.337. The molecule has 18 heavy (non-hydrogen) atoms. The fourth-order valence-electron chi connectivity index (χ4n) is 1.46. The minimum atomic E-state index is -0.337. The molecule has 7 heteroatoms. The van der Waals surface area contributed by atoms with Gasteiger partial charge in [0.25, 0.3) is 5.91 Å². The molecule has 0 aliphatic carbocycles. The van der Waals surface area contributed by atoms with E-state index in [1.807, 2.05) is 12.1 Å². The standard InChI is InChI=1S/C11H10Br2N4O/c1-17-5-8(14)10(16-17)11(18)15-9-3-2-6(12)4-7(9)13/h2-5H,14H2,1H3,(H,15,18). The Morgan fingerprint density at radius 1 is 1.44 bits per heavy atom. The first-order valence-electron chi connectivity index (χ1n) is 5.03. The third-order valence-corrected chi connectivity index (χ3v) is 3.40. The number of nitrogens with one attached hydrogen (secondary N) is 1. The summed E-state index contributed by atoms with van der Waals surface area (Å²) in [6.45, 7) is 0. The van der Waals surface area contributed by atoms with Crippen LogP contribution in [0.25, 0.3) is 0 Å². The van der Waals surface area contributed by atoms with Crippen molar-refractivity contribution in [3.8, 4) is 0 Å². The maximum absolute atomic E-state index is 12.0. The summed E-state index contributed by atoms with van der Waals surface area (Å²) in [6.07, 6.45) is 1.59. The number of halogens is 2. The number of hydrogen-bond donors (Lipinski definition) is 2. The van der Waals surface area contributed by atoms with Crippen molar-refractivity contribution in [2.45, 2.75) is 0 Å². The van der Waals surface area contributed by atoms with E-state index < -0.39 is 0 Å². The molecule has 0 fully saturated rings.